The van der Waals surface area contributed by atoms with Gasteiger partial charge >= 0.3 is 0 Å². The van der Waals surface area contributed by atoms with Gasteiger partial charge in [0.05, 0.1) is 11.0 Å². The van der Waals surface area contributed by atoms with E-state index in [0.29, 0.717) is 46.7 Å². The highest BCUT2D eigenvalue weighted by Gasteiger charge is 2.46. The Morgan fingerprint density at radius 3 is 2.77 bits per heavy atom. The predicted molar refractivity (Wildman–Crippen MR) is 124 cm³/mol. The number of likely N-dealkylation sites (N-methyl/N-ethyl adjacent to an activating group) is 2. The van der Waals surface area contributed by atoms with Crippen molar-refractivity contribution in [3.8, 4) is 0 Å². The lowest BCUT2D eigenvalue weighted by molar-refractivity contribution is -0.127. The van der Waals surface area contributed by atoms with E-state index in [1.165, 1.54) is 6.42 Å². The van der Waals surface area contributed by atoms with Gasteiger partial charge in [0.15, 0.2) is 6.23 Å². The van der Waals surface area contributed by atoms with Crippen LogP contribution in [-0.2, 0) is 4.79 Å². The van der Waals surface area contributed by atoms with Crippen LogP contribution in [0.25, 0.3) is 0 Å². The molecule has 0 radical (unpaired) electrons. The van der Waals surface area contributed by atoms with Crippen molar-refractivity contribution in [2.24, 2.45) is 11.8 Å². The average molecular weight is 443 g/mol. The van der Waals surface area contributed by atoms with Crippen LogP contribution in [0.5, 0.6) is 0 Å². The van der Waals surface area contributed by atoms with E-state index in [4.69, 9.17) is 24.4 Å². The number of fused-ring (bicyclic) bond motifs is 3. The fourth-order valence-electron chi connectivity index (χ4n) is 5.72. The topological polar surface area (TPSA) is 67.8 Å². The summed E-state index contributed by atoms with van der Waals surface area (Å²) >= 11 is 10.8. The van der Waals surface area contributed by atoms with Crippen molar-refractivity contribution in [1.29, 1.82) is 0 Å². The number of hydrogen-bond acceptors (Lipinski definition) is 6. The van der Waals surface area contributed by atoms with Gasteiger partial charge in [-0.15, -0.1) is 0 Å². The Morgan fingerprint density at radius 1 is 1.27 bits per heavy atom. The summed E-state index contributed by atoms with van der Waals surface area (Å²) in [4.78, 5) is 17.6. The number of thiocarbonyl (C=S) groups is 2. The van der Waals surface area contributed by atoms with Crippen LogP contribution in [0.1, 0.15) is 36.6 Å². The van der Waals surface area contributed by atoms with Gasteiger partial charge in [0.25, 0.3) is 0 Å². The van der Waals surface area contributed by atoms with E-state index in [1.807, 2.05) is 19.2 Å². The molecule has 1 saturated carbocycles. The molecule has 2 bridgehead atoms. The third kappa shape index (κ3) is 2.92. The standard InChI is InChI=1S/C22H26N4O2S2/c1-23-18-11-3-4-12(9-11)19(18)25(2)13-5-6-14-15(10-13)21(28)26(22(14)30)16-7-8-17(29)24-20(16)27/h3-6,10-12,16,18-19,21,23,28H,7-9H2,1-2H3,(H,24,27,29)/t11?,12?,16?,18-,19+,21?/m0/s1. The Hall–Kier alpha value is -1.87. The van der Waals surface area contributed by atoms with Crippen molar-refractivity contribution >= 4 is 46.0 Å². The van der Waals surface area contributed by atoms with E-state index in [-0.39, 0.29) is 5.91 Å². The van der Waals surface area contributed by atoms with Crippen LogP contribution in [0.4, 0.5) is 5.69 Å². The summed E-state index contributed by atoms with van der Waals surface area (Å²) in [5, 5.41) is 17.3. The van der Waals surface area contributed by atoms with Crippen molar-refractivity contribution in [1.82, 2.24) is 15.5 Å². The molecule has 4 aliphatic rings. The molecule has 8 heteroatoms. The molecule has 0 spiro atoms. The van der Waals surface area contributed by atoms with Crippen LogP contribution in [0.2, 0.25) is 0 Å². The van der Waals surface area contributed by atoms with Crippen molar-refractivity contribution in [2.45, 2.75) is 43.6 Å². The second-order valence-electron chi connectivity index (χ2n) is 8.69. The molecule has 6 atom stereocenters. The Kier molecular flexibility index (Phi) is 4.93. The average Bonchev–Trinajstić information content (AvgIpc) is 3.41. The third-order valence-electron chi connectivity index (χ3n) is 7.19. The molecule has 1 aromatic carbocycles. The molecule has 3 N–H and O–H groups in total. The monoisotopic (exact) mass is 442 g/mol. The number of nitrogens with zero attached hydrogens (tertiary/aromatic N) is 2. The summed E-state index contributed by atoms with van der Waals surface area (Å²) < 4.78 is 0. The number of carbonyl (C=O) groups is 1. The molecule has 2 fully saturated rings. The normalized spacial score (nSPS) is 34.5. The minimum atomic E-state index is -0.928. The lowest BCUT2D eigenvalue weighted by atomic mass is 9.94. The maximum Gasteiger partial charge on any atom is 0.247 e. The second-order valence-corrected chi connectivity index (χ2v) is 9.57. The first kappa shape index (κ1) is 20.1. The van der Waals surface area contributed by atoms with Gasteiger partial charge in [0, 0.05) is 36.3 Å². The summed E-state index contributed by atoms with van der Waals surface area (Å²) in [7, 11) is 4.15. The lowest BCUT2D eigenvalue weighted by Crippen LogP contribution is -2.52. The molecule has 2 aliphatic carbocycles. The van der Waals surface area contributed by atoms with Gasteiger partial charge in [-0.1, -0.05) is 36.6 Å². The number of nitrogens with one attached hydrogen (secondary N) is 2. The van der Waals surface area contributed by atoms with Crippen LogP contribution in [0.15, 0.2) is 30.4 Å². The van der Waals surface area contributed by atoms with Crippen LogP contribution in [0, 0.1) is 11.8 Å². The van der Waals surface area contributed by atoms with Gasteiger partial charge < -0.3 is 25.5 Å². The summed E-state index contributed by atoms with van der Waals surface area (Å²) in [5.74, 6) is 0.915. The molecule has 4 unspecified atom stereocenters. The van der Waals surface area contributed by atoms with Crippen LogP contribution in [0.3, 0.4) is 0 Å². The van der Waals surface area contributed by atoms with E-state index in [1.54, 1.807) is 4.90 Å². The van der Waals surface area contributed by atoms with Crippen LogP contribution in [-0.4, -0.2) is 58.1 Å². The first-order valence-electron chi connectivity index (χ1n) is 10.5. The zero-order valence-electron chi connectivity index (χ0n) is 17.0. The quantitative estimate of drug-likeness (QED) is 0.486. The van der Waals surface area contributed by atoms with Gasteiger partial charge in [-0.3, -0.25) is 4.79 Å². The number of amides is 1. The molecule has 1 amide bonds. The van der Waals surface area contributed by atoms with Crippen molar-refractivity contribution in [2.75, 3.05) is 19.0 Å². The van der Waals surface area contributed by atoms with Gasteiger partial charge in [-0.2, -0.15) is 0 Å². The summed E-state index contributed by atoms with van der Waals surface area (Å²) in [6.45, 7) is 0. The molecule has 2 heterocycles. The fraction of sp³-hybridized carbons (Fsp3) is 0.500. The van der Waals surface area contributed by atoms with E-state index in [2.05, 4.69) is 40.8 Å². The first-order valence-corrected chi connectivity index (χ1v) is 11.3. The zero-order valence-corrected chi connectivity index (χ0v) is 18.7. The Morgan fingerprint density at radius 2 is 2.03 bits per heavy atom. The SMILES string of the molecule is CN[C@H]1C2C=CC(C2)[C@H]1N(C)c1ccc2c(c1)C(O)N(C1CCC(=S)NC1=O)C2=S. The van der Waals surface area contributed by atoms with Crippen molar-refractivity contribution < 1.29 is 9.90 Å². The second kappa shape index (κ2) is 7.37. The number of benzene rings is 1. The molecular weight excluding hydrogens is 416 g/mol. The molecule has 1 saturated heterocycles. The number of aliphatic hydroxyl groups excluding tert-OH is 1. The Bertz CT molecular complexity index is 964. The minimum absolute atomic E-state index is 0.191. The first-order chi connectivity index (χ1) is 14.4. The summed E-state index contributed by atoms with van der Waals surface area (Å²) in [6.07, 6.45) is 6.10. The van der Waals surface area contributed by atoms with E-state index in [0.717, 1.165) is 16.8 Å². The van der Waals surface area contributed by atoms with E-state index < -0.39 is 12.3 Å². The molecule has 1 aromatic rings. The number of piperidine rings is 1. The number of hydrogen-bond donors (Lipinski definition) is 3. The lowest BCUT2D eigenvalue weighted by Gasteiger charge is -2.37. The summed E-state index contributed by atoms with van der Waals surface area (Å²) in [5.41, 5.74) is 2.65. The van der Waals surface area contributed by atoms with Gasteiger partial charge in [0.1, 0.15) is 11.0 Å². The predicted octanol–water partition coefficient (Wildman–Crippen LogP) is 1.87. The van der Waals surface area contributed by atoms with Gasteiger partial charge in [0.2, 0.25) is 5.91 Å². The largest absolute Gasteiger partial charge is 0.369 e. The number of carbonyl (C=O) groups excluding carboxylic acids is 1. The van der Waals surface area contributed by atoms with Crippen molar-refractivity contribution in [3.05, 3.63) is 41.5 Å². The molecule has 5 rings (SSSR count). The van der Waals surface area contributed by atoms with Crippen LogP contribution < -0.4 is 15.5 Å². The number of anilines is 1. The number of rotatable bonds is 4. The summed E-state index contributed by atoms with van der Waals surface area (Å²) in [6, 6.07) is 6.36. The molecule has 30 heavy (non-hydrogen) atoms. The van der Waals surface area contributed by atoms with E-state index in [9.17, 15) is 9.90 Å². The minimum Gasteiger partial charge on any atom is -0.369 e. The Labute approximate surface area is 187 Å². The molecule has 0 aromatic heterocycles. The Balaban J connectivity index is 1.42. The molecule has 2 aliphatic heterocycles. The smallest absolute Gasteiger partial charge is 0.247 e. The third-order valence-corrected chi connectivity index (χ3v) is 7.93. The highest BCUT2D eigenvalue weighted by Crippen LogP contribution is 2.44. The van der Waals surface area contributed by atoms with Gasteiger partial charge in [-0.25, -0.2) is 0 Å². The van der Waals surface area contributed by atoms with Crippen LogP contribution >= 0.6 is 24.4 Å². The van der Waals surface area contributed by atoms with E-state index >= 15 is 0 Å². The molecule has 158 valence electrons. The fourth-order valence-corrected chi connectivity index (χ4v) is 6.35. The maximum absolute atomic E-state index is 12.5. The highest BCUT2D eigenvalue weighted by molar-refractivity contribution is 7.80. The number of aliphatic hydroxyl groups is 1. The highest BCUT2D eigenvalue weighted by atomic mass is 32.1. The zero-order chi connectivity index (χ0) is 21.2. The van der Waals surface area contributed by atoms with Gasteiger partial charge in [-0.05, 0) is 49.9 Å². The maximum atomic E-state index is 12.5. The molecule has 6 nitrogen and oxygen atoms in total. The van der Waals surface area contributed by atoms with Crippen molar-refractivity contribution in [3.63, 3.8) is 0 Å². The molecular formula is C22H26N4O2S2.